The van der Waals surface area contributed by atoms with Crippen LogP contribution in [-0.2, 0) is 14.3 Å². The molecule has 2 aromatic rings. The first kappa shape index (κ1) is 23.6. The number of carbonyl (C=O) groups excluding carboxylic acids is 4. The van der Waals surface area contributed by atoms with Crippen molar-refractivity contribution in [2.24, 2.45) is 0 Å². The Morgan fingerprint density at radius 2 is 1.76 bits per heavy atom. The van der Waals surface area contributed by atoms with Crippen LogP contribution in [0.4, 0.5) is 14.5 Å². The van der Waals surface area contributed by atoms with Gasteiger partial charge < -0.3 is 25.4 Å². The van der Waals surface area contributed by atoms with Crippen LogP contribution < -0.4 is 20.7 Å². The summed E-state index contributed by atoms with van der Waals surface area (Å²) in [6.07, 6.45) is 1.84. The van der Waals surface area contributed by atoms with Crippen LogP contribution in [-0.4, -0.2) is 49.5 Å². The second-order valence-corrected chi connectivity index (χ2v) is 7.09. The number of para-hydroxylation sites is 1. The molecule has 9 nitrogen and oxygen atoms in total. The molecular weight excluding hydrogens is 440 g/mol. The van der Waals surface area contributed by atoms with Gasteiger partial charge in [0, 0.05) is 11.6 Å². The predicted octanol–water partition coefficient (Wildman–Crippen LogP) is 2.09. The molecule has 3 rings (SSSR count). The molecule has 3 N–H and O–H groups in total. The molecule has 0 spiro atoms. The van der Waals surface area contributed by atoms with Crippen molar-refractivity contribution in [3.63, 3.8) is 0 Å². The number of esters is 1. The van der Waals surface area contributed by atoms with Gasteiger partial charge in [-0.1, -0.05) is 18.2 Å². The number of halogens is 2. The maximum absolute atomic E-state index is 12.3. The van der Waals surface area contributed by atoms with Crippen LogP contribution >= 0.6 is 0 Å². The van der Waals surface area contributed by atoms with Crippen molar-refractivity contribution in [1.82, 2.24) is 10.6 Å². The van der Waals surface area contributed by atoms with E-state index in [2.05, 4.69) is 20.7 Å². The maximum atomic E-state index is 12.3. The average Bonchev–Trinajstić information content (AvgIpc) is 3.60. The molecule has 0 aliphatic heterocycles. The fourth-order valence-electron chi connectivity index (χ4n) is 2.73. The van der Waals surface area contributed by atoms with E-state index in [-0.39, 0.29) is 34.5 Å². The smallest absolute Gasteiger partial charge is 0.387 e. The Hall–Kier alpha value is -4.02. The van der Waals surface area contributed by atoms with Gasteiger partial charge in [0.15, 0.2) is 6.61 Å². The molecule has 1 aliphatic carbocycles. The highest BCUT2D eigenvalue weighted by Crippen LogP contribution is 2.21. The first-order valence-corrected chi connectivity index (χ1v) is 10.0. The Morgan fingerprint density at radius 3 is 2.48 bits per heavy atom. The lowest BCUT2D eigenvalue weighted by molar-refractivity contribution is -0.146. The topological polar surface area (TPSA) is 123 Å². The van der Waals surface area contributed by atoms with E-state index in [0.717, 1.165) is 18.9 Å². The summed E-state index contributed by atoms with van der Waals surface area (Å²) in [5.41, 5.74) is 0.560. The fraction of sp³-hybridized carbons (Fsp3) is 0.273. The van der Waals surface area contributed by atoms with Crippen LogP contribution in [0.3, 0.4) is 0 Å². The van der Waals surface area contributed by atoms with Crippen molar-refractivity contribution in [3.8, 4) is 5.75 Å². The third-order valence-electron chi connectivity index (χ3n) is 4.44. The summed E-state index contributed by atoms with van der Waals surface area (Å²) in [5, 5.41) is 7.60. The number of ether oxygens (including phenoxy) is 2. The molecule has 11 heteroatoms. The zero-order chi connectivity index (χ0) is 23.8. The minimum Gasteiger partial charge on any atom is -0.454 e. The first-order chi connectivity index (χ1) is 15.8. The number of alkyl halides is 2. The maximum Gasteiger partial charge on any atom is 0.387 e. The quantitative estimate of drug-likeness (QED) is 0.466. The molecule has 0 heterocycles. The van der Waals surface area contributed by atoms with Gasteiger partial charge in [0.1, 0.15) is 12.3 Å². The van der Waals surface area contributed by atoms with E-state index in [0.29, 0.717) is 0 Å². The van der Waals surface area contributed by atoms with Gasteiger partial charge >= 0.3 is 12.6 Å². The summed E-state index contributed by atoms with van der Waals surface area (Å²) in [6, 6.07) is 11.6. The van der Waals surface area contributed by atoms with Gasteiger partial charge in [-0.25, -0.2) is 0 Å². The van der Waals surface area contributed by atoms with E-state index in [1.54, 1.807) is 24.3 Å². The van der Waals surface area contributed by atoms with E-state index >= 15 is 0 Å². The normalized spacial score (nSPS) is 12.6. The third-order valence-corrected chi connectivity index (χ3v) is 4.44. The van der Waals surface area contributed by atoms with Crippen LogP contribution in [0.1, 0.15) is 33.6 Å². The van der Waals surface area contributed by atoms with Crippen LogP contribution in [0.15, 0.2) is 48.5 Å². The molecule has 0 aromatic heterocycles. The Kier molecular flexibility index (Phi) is 7.90. The minimum atomic E-state index is -3.04. The van der Waals surface area contributed by atoms with E-state index < -0.39 is 37.5 Å². The first-order valence-electron chi connectivity index (χ1n) is 10.0. The molecule has 0 saturated heterocycles. The SMILES string of the molecule is O=C(COC(=O)CNC(=O)c1cccc(OC(F)F)c1)Nc1ccccc1C(=O)NC1CC1. The van der Waals surface area contributed by atoms with Crippen LogP contribution in [0.25, 0.3) is 0 Å². The van der Waals surface area contributed by atoms with Crippen molar-refractivity contribution in [3.05, 3.63) is 59.7 Å². The molecule has 0 radical (unpaired) electrons. The van der Waals surface area contributed by atoms with E-state index in [1.807, 2.05) is 0 Å². The lowest BCUT2D eigenvalue weighted by atomic mass is 10.1. The lowest BCUT2D eigenvalue weighted by Crippen LogP contribution is -2.32. The summed E-state index contributed by atoms with van der Waals surface area (Å²) in [7, 11) is 0. The molecule has 0 bridgehead atoms. The fourth-order valence-corrected chi connectivity index (χ4v) is 2.73. The summed E-state index contributed by atoms with van der Waals surface area (Å²) in [6.45, 7) is -4.22. The van der Waals surface area contributed by atoms with E-state index in [9.17, 15) is 28.0 Å². The number of amides is 3. The van der Waals surface area contributed by atoms with Crippen LogP contribution in [0.2, 0.25) is 0 Å². The van der Waals surface area contributed by atoms with Crippen molar-refractivity contribution in [2.45, 2.75) is 25.5 Å². The number of anilines is 1. The second kappa shape index (κ2) is 11.0. The number of hydrogen-bond acceptors (Lipinski definition) is 6. The van der Waals surface area contributed by atoms with Gasteiger partial charge in [0.2, 0.25) is 0 Å². The predicted molar refractivity (Wildman–Crippen MR) is 112 cm³/mol. The van der Waals surface area contributed by atoms with Crippen LogP contribution in [0, 0.1) is 0 Å². The largest absolute Gasteiger partial charge is 0.454 e. The number of benzene rings is 2. The summed E-state index contributed by atoms with van der Waals surface area (Å²) >= 11 is 0. The van der Waals surface area contributed by atoms with Crippen molar-refractivity contribution >= 4 is 29.4 Å². The zero-order valence-corrected chi connectivity index (χ0v) is 17.3. The molecule has 1 aliphatic rings. The number of carbonyl (C=O) groups is 4. The van der Waals surface area contributed by atoms with Crippen molar-refractivity contribution < 1.29 is 37.4 Å². The van der Waals surface area contributed by atoms with Gasteiger partial charge in [-0.2, -0.15) is 8.78 Å². The summed E-state index contributed by atoms with van der Waals surface area (Å²) in [5.74, 6) is -2.79. The molecule has 33 heavy (non-hydrogen) atoms. The highest BCUT2D eigenvalue weighted by Gasteiger charge is 2.25. The molecule has 2 aromatic carbocycles. The van der Waals surface area contributed by atoms with Gasteiger partial charge in [0.05, 0.1) is 11.3 Å². The Labute approximate surface area is 187 Å². The number of rotatable bonds is 10. The average molecular weight is 461 g/mol. The summed E-state index contributed by atoms with van der Waals surface area (Å²) in [4.78, 5) is 48.3. The third kappa shape index (κ3) is 7.56. The molecular formula is C22H21F2N3O6. The van der Waals surface area contributed by atoms with E-state index in [4.69, 9.17) is 4.74 Å². The number of hydrogen-bond donors (Lipinski definition) is 3. The van der Waals surface area contributed by atoms with Crippen molar-refractivity contribution in [2.75, 3.05) is 18.5 Å². The highest BCUT2D eigenvalue weighted by atomic mass is 19.3. The Bertz CT molecular complexity index is 1040. The van der Waals surface area contributed by atoms with Gasteiger partial charge in [0.25, 0.3) is 17.7 Å². The Morgan fingerprint density at radius 1 is 1.00 bits per heavy atom. The van der Waals surface area contributed by atoms with Crippen LogP contribution in [0.5, 0.6) is 5.75 Å². The lowest BCUT2D eigenvalue weighted by Gasteiger charge is -2.11. The molecule has 0 unspecified atom stereocenters. The van der Waals surface area contributed by atoms with Crippen molar-refractivity contribution in [1.29, 1.82) is 0 Å². The van der Waals surface area contributed by atoms with Gasteiger partial charge in [-0.05, 0) is 43.2 Å². The molecule has 1 fully saturated rings. The minimum absolute atomic E-state index is 0.000209. The monoisotopic (exact) mass is 461 g/mol. The molecule has 3 amide bonds. The van der Waals surface area contributed by atoms with Gasteiger partial charge in [-0.15, -0.1) is 0 Å². The van der Waals surface area contributed by atoms with E-state index in [1.165, 1.54) is 18.2 Å². The summed E-state index contributed by atoms with van der Waals surface area (Å²) < 4.78 is 33.6. The Balaban J connectivity index is 1.44. The van der Waals surface area contributed by atoms with Gasteiger partial charge in [-0.3, -0.25) is 19.2 Å². The molecule has 174 valence electrons. The highest BCUT2D eigenvalue weighted by molar-refractivity contribution is 6.04. The standard InChI is InChI=1S/C22H21F2N3O6/c23-22(24)33-15-5-3-4-13(10-15)20(30)25-11-19(29)32-12-18(28)27-17-7-2-1-6-16(17)21(31)26-14-8-9-14/h1-7,10,14,22H,8-9,11-12H2,(H,25,30)(H,26,31)(H,27,28). The molecule has 0 atom stereocenters. The molecule has 1 saturated carbocycles. The number of nitrogens with one attached hydrogen (secondary N) is 3. The second-order valence-electron chi connectivity index (χ2n) is 7.09. The zero-order valence-electron chi connectivity index (χ0n) is 17.3.